The van der Waals surface area contributed by atoms with E-state index in [1.807, 2.05) is 0 Å². The van der Waals surface area contributed by atoms with Gasteiger partial charge in [0.25, 0.3) is 0 Å². The molecule has 2 saturated heterocycles. The molecule has 0 bridgehead atoms. The fourth-order valence-electron chi connectivity index (χ4n) is 9.18. The molecule has 0 aromatic rings. The number of hydrogen-bond acceptors (Lipinski definition) is 6. The minimum atomic E-state index is -0.205. The van der Waals surface area contributed by atoms with Crippen molar-refractivity contribution in [2.75, 3.05) is 20.3 Å². The Balaban J connectivity index is 1.09. The van der Waals surface area contributed by atoms with Crippen molar-refractivity contribution in [3.8, 4) is 0 Å². The van der Waals surface area contributed by atoms with Crippen molar-refractivity contribution in [1.82, 2.24) is 10.2 Å². The number of carbonyl (C=O) groups is 2. The van der Waals surface area contributed by atoms with Crippen molar-refractivity contribution in [3.05, 3.63) is 0 Å². The van der Waals surface area contributed by atoms with Crippen LogP contribution in [0.4, 0.5) is 0 Å². The minimum absolute atomic E-state index is 0.00373. The molecule has 0 aromatic heterocycles. The van der Waals surface area contributed by atoms with Crippen molar-refractivity contribution >= 4 is 11.9 Å². The Hall–Kier alpha value is -1.14. The number of esters is 2. The molecule has 2 unspecified atom stereocenters. The summed E-state index contributed by atoms with van der Waals surface area (Å²) in [6.07, 6.45) is 14.2. The van der Waals surface area contributed by atoms with Crippen LogP contribution in [0.15, 0.2) is 0 Å². The van der Waals surface area contributed by atoms with Crippen molar-refractivity contribution in [3.63, 3.8) is 0 Å². The molecule has 0 spiro atoms. The maximum absolute atomic E-state index is 13.0. The third-order valence-corrected chi connectivity index (χ3v) is 12.1. The highest BCUT2D eigenvalue weighted by Crippen LogP contribution is 2.45. The lowest BCUT2D eigenvalue weighted by Crippen LogP contribution is -2.48. The Morgan fingerprint density at radius 1 is 0.683 bits per heavy atom. The Labute approximate surface area is 251 Å². The van der Waals surface area contributed by atoms with Crippen LogP contribution in [0, 0.1) is 35.5 Å². The van der Waals surface area contributed by atoms with Gasteiger partial charge in [-0.1, -0.05) is 25.7 Å². The van der Waals surface area contributed by atoms with Crippen LogP contribution in [0.1, 0.15) is 132 Å². The lowest BCUT2D eigenvalue weighted by atomic mass is 9.68. The average Bonchev–Trinajstić information content (AvgIpc) is 3.23. The first-order valence-electron chi connectivity index (χ1n) is 16.9. The summed E-state index contributed by atoms with van der Waals surface area (Å²) in [4.78, 5) is 28.1. The number of nitrogens with zero attached hydrogens (tertiary/aromatic N) is 1. The van der Waals surface area contributed by atoms with E-state index < -0.39 is 0 Å². The molecule has 2 heterocycles. The van der Waals surface area contributed by atoms with Gasteiger partial charge in [-0.25, -0.2) is 0 Å². The average molecular weight is 575 g/mol. The van der Waals surface area contributed by atoms with E-state index in [9.17, 15) is 9.59 Å². The Bertz CT molecular complexity index is 909. The second kappa shape index (κ2) is 12.5. The van der Waals surface area contributed by atoms with Gasteiger partial charge in [0.15, 0.2) is 0 Å². The minimum Gasteiger partial charge on any atom is -0.465 e. The zero-order valence-corrected chi connectivity index (χ0v) is 27.9. The highest BCUT2D eigenvalue weighted by atomic mass is 16.5. The number of hydrogen-bond donors (Lipinski definition) is 1. The third-order valence-electron chi connectivity index (χ3n) is 12.1. The highest BCUT2D eigenvalue weighted by Gasteiger charge is 2.53. The maximum atomic E-state index is 13.0. The van der Waals surface area contributed by atoms with Crippen molar-refractivity contribution in [2.45, 2.75) is 155 Å². The first-order valence-corrected chi connectivity index (χ1v) is 16.9. The first-order chi connectivity index (χ1) is 19.0. The molecule has 236 valence electrons. The second-order valence-electron chi connectivity index (χ2n) is 16.7. The van der Waals surface area contributed by atoms with E-state index in [2.05, 4.69) is 72.7 Å². The number of likely N-dealkylation sites (tertiary alicyclic amines) is 1. The monoisotopic (exact) mass is 574 g/mol. The number of carbonyl (C=O) groups excluding carboxylic acids is 2. The second-order valence-corrected chi connectivity index (χ2v) is 16.7. The third kappa shape index (κ3) is 7.69. The molecule has 0 radical (unpaired) electrons. The predicted octanol–water partition coefficient (Wildman–Crippen LogP) is 7.14. The molecule has 6 heteroatoms. The molecule has 2 atom stereocenters. The van der Waals surface area contributed by atoms with Gasteiger partial charge >= 0.3 is 11.9 Å². The molecule has 0 aromatic carbocycles. The zero-order valence-electron chi connectivity index (χ0n) is 27.9. The summed E-state index contributed by atoms with van der Waals surface area (Å²) in [5, 5.41) is 3.59. The molecule has 2 aliphatic heterocycles. The van der Waals surface area contributed by atoms with E-state index in [4.69, 9.17) is 9.47 Å². The van der Waals surface area contributed by atoms with Crippen molar-refractivity contribution < 1.29 is 19.1 Å². The lowest BCUT2D eigenvalue weighted by Gasteiger charge is -2.38. The summed E-state index contributed by atoms with van der Waals surface area (Å²) < 4.78 is 11.7. The van der Waals surface area contributed by atoms with Gasteiger partial charge < -0.3 is 14.8 Å². The fourth-order valence-corrected chi connectivity index (χ4v) is 9.18. The van der Waals surface area contributed by atoms with E-state index in [0.717, 1.165) is 37.5 Å². The topological polar surface area (TPSA) is 67.9 Å². The zero-order chi connectivity index (χ0) is 30.2. The standard InChI is InChI=1S/C35H62N2O4/c1-32(2)22-28(34(5,6)36-32)30(38)40-20-18-24-10-14-26(15-11-24)27-16-12-25(13-17-27)19-21-41-31(39)29-23-33(3,4)37(9)35(29,7)8/h24-29,36H,10-23H2,1-9H3. The number of ether oxygens (including phenoxy) is 2. The summed E-state index contributed by atoms with van der Waals surface area (Å²) >= 11 is 0. The van der Waals surface area contributed by atoms with Gasteiger partial charge in [0.05, 0.1) is 25.0 Å². The quantitative estimate of drug-likeness (QED) is 0.295. The van der Waals surface area contributed by atoms with Crippen molar-refractivity contribution in [1.29, 1.82) is 0 Å². The molecule has 0 amide bonds. The normalized spacial score (nSPS) is 36.1. The molecule has 2 saturated carbocycles. The number of nitrogens with one attached hydrogen (secondary N) is 1. The Morgan fingerprint density at radius 3 is 1.49 bits per heavy atom. The molecule has 41 heavy (non-hydrogen) atoms. The summed E-state index contributed by atoms with van der Waals surface area (Å²) in [5.41, 5.74) is -0.355. The van der Waals surface area contributed by atoms with E-state index in [0.29, 0.717) is 25.0 Å². The van der Waals surface area contributed by atoms with Gasteiger partial charge in [-0.2, -0.15) is 0 Å². The molecular formula is C35H62N2O4. The van der Waals surface area contributed by atoms with Crippen LogP contribution in [0.2, 0.25) is 0 Å². The van der Waals surface area contributed by atoms with Crippen LogP contribution in [0.5, 0.6) is 0 Å². The lowest BCUT2D eigenvalue weighted by molar-refractivity contribution is -0.152. The van der Waals surface area contributed by atoms with Gasteiger partial charge in [-0.15, -0.1) is 0 Å². The van der Waals surface area contributed by atoms with Gasteiger partial charge in [0.2, 0.25) is 0 Å². The van der Waals surface area contributed by atoms with Crippen molar-refractivity contribution in [2.24, 2.45) is 35.5 Å². The van der Waals surface area contributed by atoms with Crippen LogP contribution in [0.3, 0.4) is 0 Å². The van der Waals surface area contributed by atoms with E-state index >= 15 is 0 Å². The van der Waals surface area contributed by atoms with Gasteiger partial charge in [0, 0.05) is 22.2 Å². The molecule has 4 rings (SSSR count). The molecule has 2 aliphatic carbocycles. The highest BCUT2D eigenvalue weighted by molar-refractivity contribution is 5.75. The van der Waals surface area contributed by atoms with Gasteiger partial charge in [-0.3, -0.25) is 14.5 Å². The molecule has 4 aliphatic rings. The molecule has 4 fully saturated rings. The van der Waals surface area contributed by atoms with Gasteiger partial charge in [-0.05, 0) is 137 Å². The first kappa shape index (κ1) is 32.8. The van der Waals surface area contributed by atoms with E-state index in [1.165, 1.54) is 51.4 Å². The molecular weight excluding hydrogens is 512 g/mol. The Kier molecular flexibility index (Phi) is 9.96. The largest absolute Gasteiger partial charge is 0.465 e. The van der Waals surface area contributed by atoms with Gasteiger partial charge in [0.1, 0.15) is 0 Å². The fraction of sp³-hybridized carbons (Fsp3) is 0.943. The summed E-state index contributed by atoms with van der Waals surface area (Å²) in [7, 11) is 2.13. The van der Waals surface area contributed by atoms with Crippen LogP contribution < -0.4 is 5.32 Å². The van der Waals surface area contributed by atoms with E-state index in [1.54, 1.807) is 0 Å². The van der Waals surface area contributed by atoms with Crippen LogP contribution >= 0.6 is 0 Å². The van der Waals surface area contributed by atoms with E-state index in [-0.39, 0.29) is 45.9 Å². The smallest absolute Gasteiger partial charge is 0.310 e. The predicted molar refractivity (Wildman–Crippen MR) is 165 cm³/mol. The SMILES string of the molecule is CN1C(C)(C)CC(C(=O)OCCC2CCC(C3CCC(CCOC(=O)C4CC(C)(C)NC4(C)C)CC3)CC2)C1(C)C. The molecule has 6 nitrogen and oxygen atoms in total. The van der Waals surface area contributed by atoms with Crippen LogP contribution in [-0.4, -0.2) is 59.3 Å². The summed E-state index contributed by atoms with van der Waals surface area (Å²) in [6, 6.07) is 0. The maximum Gasteiger partial charge on any atom is 0.310 e. The Morgan fingerprint density at radius 2 is 1.12 bits per heavy atom. The molecule has 1 N–H and O–H groups in total. The summed E-state index contributed by atoms with van der Waals surface area (Å²) in [5.74, 6) is 2.99. The van der Waals surface area contributed by atoms with Crippen LogP contribution in [0.25, 0.3) is 0 Å². The summed E-state index contributed by atoms with van der Waals surface area (Å²) in [6.45, 7) is 18.5. The van der Waals surface area contributed by atoms with Crippen LogP contribution in [-0.2, 0) is 19.1 Å². The number of rotatable bonds is 9.